The van der Waals surface area contributed by atoms with Crippen LogP contribution in [0.2, 0.25) is 0 Å². The van der Waals surface area contributed by atoms with Crippen molar-refractivity contribution in [2.24, 2.45) is 0 Å². The second kappa shape index (κ2) is 6.67. The quantitative estimate of drug-likeness (QED) is 0.686. The van der Waals surface area contributed by atoms with Gasteiger partial charge < -0.3 is 5.32 Å². The van der Waals surface area contributed by atoms with Crippen molar-refractivity contribution in [3.05, 3.63) is 0 Å². The Hall–Kier alpha value is -0.180. The van der Waals surface area contributed by atoms with Gasteiger partial charge in [0.05, 0.1) is 6.54 Å². The molecule has 17 heavy (non-hydrogen) atoms. The number of hydrogen-bond donors (Lipinski definition) is 1. The zero-order valence-corrected chi connectivity index (χ0v) is 12.3. The first-order valence-electron chi connectivity index (χ1n) is 5.52. The molecular formula is C9H18BrN3O3S. The molecular weight excluding hydrogens is 310 g/mol. The molecule has 0 saturated carbocycles. The largest absolute Gasteiger partial charge is 0.355 e. The molecule has 0 atom stereocenters. The third-order valence-electron chi connectivity index (χ3n) is 2.60. The second-order valence-electron chi connectivity index (χ2n) is 3.85. The minimum atomic E-state index is -3.16. The average Bonchev–Trinajstić information content (AvgIpc) is 2.30. The number of piperazine rings is 1. The van der Waals surface area contributed by atoms with E-state index in [0.717, 1.165) is 0 Å². The number of likely N-dealkylation sites (N-methyl/N-ethyl adjacent to an activating group) is 1. The average molecular weight is 328 g/mol. The van der Waals surface area contributed by atoms with E-state index in [-0.39, 0.29) is 10.6 Å². The minimum Gasteiger partial charge on any atom is -0.355 e. The third-order valence-corrected chi connectivity index (χ3v) is 5.77. The Bertz CT molecular complexity index is 352. The molecule has 1 aliphatic rings. The highest BCUT2D eigenvalue weighted by Crippen LogP contribution is 2.09. The van der Waals surface area contributed by atoms with Crippen LogP contribution in [0.25, 0.3) is 0 Å². The Morgan fingerprint density at radius 2 is 1.88 bits per heavy atom. The fourth-order valence-corrected chi connectivity index (χ4v) is 3.42. The number of rotatable bonds is 5. The van der Waals surface area contributed by atoms with Crippen LogP contribution in [0.3, 0.4) is 0 Å². The fraction of sp³-hybridized carbons (Fsp3) is 0.889. The van der Waals surface area contributed by atoms with Crippen molar-refractivity contribution in [2.75, 3.05) is 43.9 Å². The smallest absolute Gasteiger partial charge is 0.234 e. The molecule has 0 bridgehead atoms. The summed E-state index contributed by atoms with van der Waals surface area (Å²) in [6, 6.07) is 0. The van der Waals surface area contributed by atoms with Gasteiger partial charge in [0, 0.05) is 32.7 Å². The van der Waals surface area contributed by atoms with E-state index in [1.165, 1.54) is 4.31 Å². The van der Waals surface area contributed by atoms with Gasteiger partial charge in [-0.3, -0.25) is 9.69 Å². The maximum absolute atomic E-state index is 11.6. The van der Waals surface area contributed by atoms with Crippen LogP contribution in [0, 0.1) is 0 Å². The summed E-state index contributed by atoms with van der Waals surface area (Å²) in [5, 5.41) is 2.73. The highest BCUT2D eigenvalue weighted by molar-refractivity contribution is 9.10. The first-order valence-corrected chi connectivity index (χ1v) is 8.25. The van der Waals surface area contributed by atoms with Crippen LogP contribution in [0.4, 0.5) is 0 Å². The summed E-state index contributed by atoms with van der Waals surface area (Å²) in [5.41, 5.74) is 0. The van der Waals surface area contributed by atoms with Crippen molar-refractivity contribution in [1.29, 1.82) is 0 Å². The Kier molecular flexibility index (Phi) is 5.84. The van der Waals surface area contributed by atoms with Crippen molar-refractivity contribution in [3.63, 3.8) is 0 Å². The lowest BCUT2D eigenvalue weighted by Crippen LogP contribution is -2.51. The molecule has 1 rings (SSSR count). The minimum absolute atomic E-state index is 0.00991. The van der Waals surface area contributed by atoms with Crippen LogP contribution in [0.5, 0.6) is 0 Å². The van der Waals surface area contributed by atoms with E-state index >= 15 is 0 Å². The lowest BCUT2D eigenvalue weighted by molar-refractivity contribution is -0.122. The number of halogens is 1. The summed E-state index contributed by atoms with van der Waals surface area (Å²) in [6.07, 6.45) is 0. The second-order valence-corrected chi connectivity index (χ2v) is 7.12. The van der Waals surface area contributed by atoms with Gasteiger partial charge in [0.1, 0.15) is 4.66 Å². The van der Waals surface area contributed by atoms with Crippen molar-refractivity contribution in [2.45, 2.75) is 6.92 Å². The molecule has 1 N–H and O–H groups in total. The Labute approximate surface area is 111 Å². The number of amides is 1. The lowest BCUT2D eigenvalue weighted by atomic mass is 10.3. The molecule has 6 nitrogen and oxygen atoms in total. The van der Waals surface area contributed by atoms with Crippen molar-refractivity contribution in [3.8, 4) is 0 Å². The molecule has 8 heteroatoms. The molecule has 0 aromatic rings. The van der Waals surface area contributed by atoms with Gasteiger partial charge in [0.2, 0.25) is 15.9 Å². The van der Waals surface area contributed by atoms with Gasteiger partial charge in [0.25, 0.3) is 0 Å². The summed E-state index contributed by atoms with van der Waals surface area (Å²) in [4.78, 5) is 13.3. The van der Waals surface area contributed by atoms with E-state index in [1.54, 1.807) is 0 Å². The Morgan fingerprint density at radius 1 is 1.29 bits per heavy atom. The number of alkyl halides is 1. The molecule has 0 aromatic heterocycles. The number of carbonyl (C=O) groups excluding carboxylic acids is 1. The molecule has 100 valence electrons. The molecule has 1 amide bonds. The van der Waals surface area contributed by atoms with E-state index in [9.17, 15) is 13.2 Å². The molecule has 0 aromatic carbocycles. The van der Waals surface area contributed by atoms with Gasteiger partial charge in [0.15, 0.2) is 0 Å². The van der Waals surface area contributed by atoms with Crippen LogP contribution in [-0.2, 0) is 14.8 Å². The number of sulfonamides is 1. The molecule has 1 saturated heterocycles. The van der Waals surface area contributed by atoms with E-state index in [1.807, 2.05) is 11.8 Å². The maximum atomic E-state index is 11.6. The van der Waals surface area contributed by atoms with Gasteiger partial charge in [-0.25, -0.2) is 8.42 Å². The first-order chi connectivity index (χ1) is 7.99. The summed E-state index contributed by atoms with van der Waals surface area (Å²) >= 11 is 2.98. The Morgan fingerprint density at radius 3 is 2.35 bits per heavy atom. The lowest BCUT2D eigenvalue weighted by Gasteiger charge is -2.33. The van der Waals surface area contributed by atoms with Crippen molar-refractivity contribution in [1.82, 2.24) is 14.5 Å². The summed E-state index contributed by atoms with van der Waals surface area (Å²) in [5.74, 6) is -0.00991. The van der Waals surface area contributed by atoms with Gasteiger partial charge in [-0.2, -0.15) is 4.31 Å². The molecule has 1 heterocycles. The van der Waals surface area contributed by atoms with Crippen LogP contribution in [-0.4, -0.2) is 67.5 Å². The number of carbonyl (C=O) groups is 1. The van der Waals surface area contributed by atoms with E-state index in [4.69, 9.17) is 0 Å². The van der Waals surface area contributed by atoms with Crippen LogP contribution >= 0.6 is 15.9 Å². The van der Waals surface area contributed by atoms with E-state index < -0.39 is 10.0 Å². The zero-order chi connectivity index (χ0) is 12.9. The highest BCUT2D eigenvalue weighted by Gasteiger charge is 2.26. The van der Waals surface area contributed by atoms with Gasteiger partial charge >= 0.3 is 0 Å². The zero-order valence-electron chi connectivity index (χ0n) is 9.86. The van der Waals surface area contributed by atoms with Crippen molar-refractivity contribution < 1.29 is 13.2 Å². The maximum Gasteiger partial charge on any atom is 0.234 e. The predicted molar refractivity (Wildman–Crippen MR) is 69.4 cm³/mol. The topological polar surface area (TPSA) is 69.7 Å². The molecule has 0 spiro atoms. The van der Waals surface area contributed by atoms with Crippen molar-refractivity contribution >= 4 is 31.9 Å². The van der Waals surface area contributed by atoms with Crippen LogP contribution in [0.1, 0.15) is 6.92 Å². The number of nitrogens with zero attached hydrogens (tertiary/aromatic N) is 2. The predicted octanol–water partition coefficient (Wildman–Crippen LogP) is -0.578. The van der Waals surface area contributed by atoms with E-state index in [0.29, 0.717) is 39.3 Å². The summed E-state index contributed by atoms with van der Waals surface area (Å²) < 4.78 is 24.5. The van der Waals surface area contributed by atoms with Gasteiger partial charge in [-0.15, -0.1) is 0 Å². The Balaban J connectivity index is 2.38. The monoisotopic (exact) mass is 327 g/mol. The standard InChI is InChI=1S/C9H18BrN3O3S/c1-2-11-9(14)7-12-3-5-13(6-4-12)17(15,16)8-10/h2-8H2,1H3,(H,11,14). The number of hydrogen-bond acceptors (Lipinski definition) is 4. The summed E-state index contributed by atoms with van der Waals surface area (Å²) in [6.45, 7) is 4.94. The fourth-order valence-electron chi connectivity index (χ4n) is 1.69. The van der Waals surface area contributed by atoms with Crippen LogP contribution < -0.4 is 5.32 Å². The molecule has 0 unspecified atom stereocenters. The number of nitrogens with one attached hydrogen (secondary N) is 1. The normalized spacial score (nSPS) is 19.2. The molecule has 0 aliphatic carbocycles. The van der Waals surface area contributed by atoms with Gasteiger partial charge in [-0.05, 0) is 6.92 Å². The molecule has 1 aliphatic heterocycles. The first kappa shape index (κ1) is 14.9. The highest BCUT2D eigenvalue weighted by atomic mass is 79.9. The summed E-state index contributed by atoms with van der Waals surface area (Å²) in [7, 11) is -3.16. The van der Waals surface area contributed by atoms with E-state index in [2.05, 4.69) is 21.2 Å². The molecule has 1 fully saturated rings. The van der Waals surface area contributed by atoms with Crippen LogP contribution in [0.15, 0.2) is 0 Å². The SMILES string of the molecule is CCNC(=O)CN1CCN(S(=O)(=O)CBr)CC1. The third kappa shape index (κ3) is 4.53. The molecule has 0 radical (unpaired) electrons. The van der Waals surface area contributed by atoms with Gasteiger partial charge in [-0.1, -0.05) is 15.9 Å².